The minimum atomic E-state index is -0.649. The number of para-hydroxylation sites is 1. The number of ether oxygens (including phenoxy) is 3. The Morgan fingerprint density at radius 1 is 0.818 bits per heavy atom. The first-order valence-electron chi connectivity index (χ1n) is 10.1. The van der Waals surface area contributed by atoms with Crippen molar-refractivity contribution in [1.29, 1.82) is 0 Å². The molecule has 7 heteroatoms. The normalized spacial score (nSPS) is 11.0. The summed E-state index contributed by atoms with van der Waals surface area (Å²) in [6, 6.07) is 20.3. The van der Waals surface area contributed by atoms with Crippen molar-refractivity contribution in [2.45, 2.75) is 6.92 Å². The van der Waals surface area contributed by atoms with E-state index in [1.807, 2.05) is 18.2 Å². The van der Waals surface area contributed by atoms with E-state index >= 15 is 0 Å². The molecule has 5 aromatic rings. The summed E-state index contributed by atoms with van der Waals surface area (Å²) in [6.07, 6.45) is 0. The second kappa shape index (κ2) is 8.20. The fourth-order valence-corrected chi connectivity index (χ4v) is 3.45. The molecule has 0 bridgehead atoms. The van der Waals surface area contributed by atoms with Gasteiger partial charge in [0.05, 0.1) is 12.5 Å². The van der Waals surface area contributed by atoms with Gasteiger partial charge in [-0.15, -0.1) is 0 Å². The molecule has 0 aliphatic heterocycles. The first-order chi connectivity index (χ1) is 16.0. The summed E-state index contributed by atoms with van der Waals surface area (Å²) in [5.41, 5.74) is 0.531. The van der Waals surface area contributed by atoms with Crippen LogP contribution in [0.15, 0.2) is 86.4 Å². The van der Waals surface area contributed by atoms with Gasteiger partial charge < -0.3 is 23.0 Å². The Morgan fingerprint density at radius 2 is 1.55 bits per heavy atom. The second-order valence-corrected chi connectivity index (χ2v) is 7.29. The SMILES string of the molecule is COc1ccc(Oc2c(C)oc3cc(OC(=O)c4cc5ccccc5o4)ccc3c2=O)cc1. The molecule has 33 heavy (non-hydrogen) atoms. The number of carbonyl (C=O) groups excluding carboxylic acids is 1. The standard InChI is InChI=1S/C26H18O7/c1-15-25(31-18-9-7-17(29-2)8-10-18)24(27)20-12-11-19(14-22(20)30-15)32-26(28)23-13-16-5-3-4-6-21(16)33-23/h3-14H,1-2H3. The Balaban J connectivity index is 1.42. The number of methoxy groups -OCH3 is 1. The maximum absolute atomic E-state index is 13.0. The zero-order valence-corrected chi connectivity index (χ0v) is 17.8. The Morgan fingerprint density at radius 3 is 2.30 bits per heavy atom. The van der Waals surface area contributed by atoms with Crippen molar-refractivity contribution < 1.29 is 27.8 Å². The maximum Gasteiger partial charge on any atom is 0.379 e. The van der Waals surface area contributed by atoms with Gasteiger partial charge in [-0.2, -0.15) is 0 Å². The minimum absolute atomic E-state index is 0.0807. The van der Waals surface area contributed by atoms with Crippen LogP contribution in [0, 0.1) is 6.92 Å². The van der Waals surface area contributed by atoms with E-state index in [1.165, 1.54) is 18.2 Å². The molecule has 0 saturated heterocycles. The predicted molar refractivity (Wildman–Crippen MR) is 121 cm³/mol. The summed E-state index contributed by atoms with van der Waals surface area (Å²) in [7, 11) is 1.57. The van der Waals surface area contributed by atoms with Crippen LogP contribution in [0.4, 0.5) is 0 Å². The number of hydrogen-bond donors (Lipinski definition) is 0. The highest BCUT2D eigenvalue weighted by atomic mass is 16.5. The van der Waals surface area contributed by atoms with Crippen molar-refractivity contribution in [2.75, 3.05) is 7.11 Å². The average Bonchev–Trinajstić information content (AvgIpc) is 3.27. The molecule has 0 aliphatic carbocycles. The third-order valence-corrected chi connectivity index (χ3v) is 5.10. The molecule has 0 N–H and O–H groups in total. The largest absolute Gasteiger partial charge is 0.497 e. The minimum Gasteiger partial charge on any atom is -0.497 e. The van der Waals surface area contributed by atoms with Crippen LogP contribution in [-0.4, -0.2) is 13.1 Å². The molecule has 0 spiro atoms. The van der Waals surface area contributed by atoms with Crippen molar-refractivity contribution >= 4 is 27.9 Å². The van der Waals surface area contributed by atoms with Crippen LogP contribution in [0.5, 0.6) is 23.0 Å². The maximum atomic E-state index is 13.0. The van der Waals surface area contributed by atoms with E-state index in [9.17, 15) is 9.59 Å². The number of rotatable bonds is 5. The summed E-state index contributed by atoms with van der Waals surface area (Å²) in [5.74, 6) is 1.18. The smallest absolute Gasteiger partial charge is 0.379 e. The highest BCUT2D eigenvalue weighted by Gasteiger charge is 2.18. The average molecular weight is 442 g/mol. The Bertz CT molecular complexity index is 1510. The van der Waals surface area contributed by atoms with Crippen molar-refractivity contribution in [3.05, 3.63) is 94.5 Å². The zero-order chi connectivity index (χ0) is 22.9. The van der Waals surface area contributed by atoms with Gasteiger partial charge in [-0.1, -0.05) is 18.2 Å². The third kappa shape index (κ3) is 3.92. The van der Waals surface area contributed by atoms with Gasteiger partial charge in [-0.25, -0.2) is 4.79 Å². The van der Waals surface area contributed by atoms with E-state index in [1.54, 1.807) is 50.4 Å². The first-order valence-corrected chi connectivity index (χ1v) is 10.1. The van der Waals surface area contributed by atoms with Gasteiger partial charge >= 0.3 is 5.97 Å². The molecule has 0 atom stereocenters. The third-order valence-electron chi connectivity index (χ3n) is 5.10. The van der Waals surface area contributed by atoms with Crippen molar-refractivity contribution in [3.63, 3.8) is 0 Å². The molecule has 164 valence electrons. The van der Waals surface area contributed by atoms with Crippen LogP contribution in [-0.2, 0) is 0 Å². The molecule has 0 saturated carbocycles. The van der Waals surface area contributed by atoms with Crippen LogP contribution in [0.3, 0.4) is 0 Å². The zero-order valence-electron chi connectivity index (χ0n) is 17.8. The van der Waals surface area contributed by atoms with Gasteiger partial charge in [-0.3, -0.25) is 4.79 Å². The fourth-order valence-electron chi connectivity index (χ4n) is 3.45. The number of furan rings is 1. The van der Waals surface area contributed by atoms with Gasteiger partial charge in [0, 0.05) is 11.5 Å². The molecule has 0 fully saturated rings. The van der Waals surface area contributed by atoms with Crippen LogP contribution >= 0.6 is 0 Å². The summed E-state index contributed by atoms with van der Waals surface area (Å²) >= 11 is 0. The summed E-state index contributed by atoms with van der Waals surface area (Å²) < 4.78 is 27.7. The number of fused-ring (bicyclic) bond motifs is 2. The van der Waals surface area contributed by atoms with Crippen LogP contribution in [0.25, 0.3) is 21.9 Å². The van der Waals surface area contributed by atoms with Gasteiger partial charge in [0.2, 0.25) is 16.9 Å². The molecule has 3 aromatic carbocycles. The molecule has 0 amide bonds. The van der Waals surface area contributed by atoms with Gasteiger partial charge in [-0.05, 0) is 55.5 Å². The van der Waals surface area contributed by atoms with E-state index in [2.05, 4.69) is 0 Å². The molecular weight excluding hydrogens is 424 g/mol. The molecule has 5 rings (SSSR count). The number of esters is 1. The van der Waals surface area contributed by atoms with Crippen molar-refractivity contribution in [3.8, 4) is 23.0 Å². The number of benzene rings is 3. The lowest BCUT2D eigenvalue weighted by Crippen LogP contribution is -2.09. The molecule has 2 aromatic heterocycles. The van der Waals surface area contributed by atoms with Crippen LogP contribution < -0.4 is 19.6 Å². The monoisotopic (exact) mass is 442 g/mol. The van der Waals surface area contributed by atoms with E-state index in [0.29, 0.717) is 28.2 Å². The molecule has 7 nitrogen and oxygen atoms in total. The van der Waals surface area contributed by atoms with Gasteiger partial charge in [0.15, 0.2) is 0 Å². The van der Waals surface area contributed by atoms with Crippen molar-refractivity contribution in [1.82, 2.24) is 0 Å². The number of carbonyl (C=O) groups is 1. The summed E-state index contributed by atoms with van der Waals surface area (Å²) in [5, 5.41) is 1.10. The summed E-state index contributed by atoms with van der Waals surface area (Å²) in [6.45, 7) is 1.63. The van der Waals surface area contributed by atoms with E-state index in [-0.39, 0.29) is 28.3 Å². The van der Waals surface area contributed by atoms with Gasteiger partial charge in [0.25, 0.3) is 0 Å². The quantitative estimate of drug-likeness (QED) is 0.248. The van der Waals surface area contributed by atoms with E-state index in [4.69, 9.17) is 23.0 Å². The predicted octanol–water partition coefficient (Wildman–Crippen LogP) is 5.87. The molecule has 0 aliphatic rings. The lowest BCUT2D eigenvalue weighted by atomic mass is 10.2. The summed E-state index contributed by atoms with van der Waals surface area (Å²) in [4.78, 5) is 25.5. The van der Waals surface area contributed by atoms with E-state index < -0.39 is 5.97 Å². The highest BCUT2D eigenvalue weighted by Crippen LogP contribution is 2.29. The number of aryl methyl sites for hydroxylation is 1. The second-order valence-electron chi connectivity index (χ2n) is 7.29. The highest BCUT2D eigenvalue weighted by molar-refractivity contribution is 5.94. The molecular formula is C26H18O7. The molecule has 2 heterocycles. The lowest BCUT2D eigenvalue weighted by Gasteiger charge is -2.10. The van der Waals surface area contributed by atoms with Crippen LogP contribution in [0.2, 0.25) is 0 Å². The number of hydrogen-bond acceptors (Lipinski definition) is 7. The van der Waals surface area contributed by atoms with Gasteiger partial charge in [0.1, 0.15) is 34.2 Å². The van der Waals surface area contributed by atoms with Crippen molar-refractivity contribution in [2.24, 2.45) is 0 Å². The molecule has 0 radical (unpaired) electrons. The topological polar surface area (TPSA) is 88.1 Å². The Hall–Kier alpha value is -4.52. The van der Waals surface area contributed by atoms with Crippen LogP contribution in [0.1, 0.15) is 16.3 Å². The Labute approximate surface area is 187 Å². The Kier molecular flexibility index (Phi) is 5.06. The lowest BCUT2D eigenvalue weighted by molar-refractivity contribution is 0.0704. The fraction of sp³-hybridized carbons (Fsp3) is 0.0769. The van der Waals surface area contributed by atoms with E-state index in [0.717, 1.165) is 5.39 Å². The molecule has 0 unspecified atom stereocenters. The first kappa shape index (κ1) is 20.4.